The van der Waals surface area contributed by atoms with Crippen LogP contribution >= 0.6 is 15.9 Å². The molecule has 6 atom stereocenters. The Labute approximate surface area is 189 Å². The van der Waals surface area contributed by atoms with Gasteiger partial charge in [-0.1, -0.05) is 34.1 Å². The number of hydrogen-bond acceptors (Lipinski definition) is 6. The van der Waals surface area contributed by atoms with Crippen LogP contribution in [0, 0.1) is 25.7 Å². The molecular formula is C22H27BrN2O6. The summed E-state index contributed by atoms with van der Waals surface area (Å²) in [6.07, 6.45) is -0.128. The number of carbonyl (C=O) groups is 3. The summed E-state index contributed by atoms with van der Waals surface area (Å²) in [5.74, 6) is -2.82. The third-order valence-corrected chi connectivity index (χ3v) is 7.51. The molecule has 3 heterocycles. The fourth-order valence-corrected chi connectivity index (χ4v) is 6.43. The predicted molar refractivity (Wildman–Crippen MR) is 116 cm³/mol. The van der Waals surface area contributed by atoms with Crippen LogP contribution in [0.3, 0.4) is 0 Å². The van der Waals surface area contributed by atoms with Gasteiger partial charge in [-0.25, -0.2) is 0 Å². The van der Waals surface area contributed by atoms with Crippen molar-refractivity contribution in [1.82, 2.24) is 4.90 Å². The number of esters is 1. The summed E-state index contributed by atoms with van der Waals surface area (Å²) in [6, 6.07) is 4.75. The van der Waals surface area contributed by atoms with Crippen LogP contribution in [0.25, 0.3) is 0 Å². The van der Waals surface area contributed by atoms with Crippen LogP contribution in [0.1, 0.15) is 24.5 Å². The quantitative estimate of drug-likeness (QED) is 0.459. The van der Waals surface area contributed by atoms with Gasteiger partial charge < -0.3 is 24.8 Å². The molecule has 3 aliphatic heterocycles. The highest BCUT2D eigenvalue weighted by molar-refractivity contribution is 9.09. The van der Waals surface area contributed by atoms with Crippen molar-refractivity contribution in [3.63, 3.8) is 0 Å². The number of carbonyl (C=O) groups excluding carboxylic acids is 3. The molecule has 0 aromatic heterocycles. The number of ether oxygens (including phenoxy) is 2. The van der Waals surface area contributed by atoms with E-state index in [1.54, 1.807) is 6.92 Å². The molecule has 1 aromatic carbocycles. The fraction of sp³-hybridized carbons (Fsp3) is 0.591. The third-order valence-electron chi connectivity index (χ3n) is 6.67. The first-order valence-electron chi connectivity index (χ1n) is 10.5. The highest BCUT2D eigenvalue weighted by atomic mass is 79.9. The molecule has 3 aliphatic rings. The summed E-state index contributed by atoms with van der Waals surface area (Å²) in [4.78, 5) is 40.9. The van der Waals surface area contributed by atoms with E-state index in [0.717, 1.165) is 11.1 Å². The first-order valence-corrected chi connectivity index (χ1v) is 11.4. The Morgan fingerprint density at radius 3 is 2.65 bits per heavy atom. The highest BCUT2D eigenvalue weighted by Gasteiger charge is 2.76. The van der Waals surface area contributed by atoms with Crippen molar-refractivity contribution in [2.75, 3.05) is 25.1 Å². The molecule has 0 aliphatic carbocycles. The number of halogens is 1. The zero-order chi connectivity index (χ0) is 22.5. The summed E-state index contributed by atoms with van der Waals surface area (Å²) < 4.78 is 11.5. The van der Waals surface area contributed by atoms with E-state index in [9.17, 15) is 19.5 Å². The van der Waals surface area contributed by atoms with E-state index in [0.29, 0.717) is 12.1 Å². The summed E-state index contributed by atoms with van der Waals surface area (Å²) in [7, 11) is 0. The van der Waals surface area contributed by atoms with Crippen LogP contribution in [-0.4, -0.2) is 70.1 Å². The summed E-state index contributed by atoms with van der Waals surface area (Å²) in [5, 5.41) is 12.6. The van der Waals surface area contributed by atoms with Gasteiger partial charge in [-0.05, 0) is 38.3 Å². The SMILES string of the molecule is CCOC(=O)[C@@H]1[C@H]2O[C@@]3(CC2Br)[C@H](C(=O)Nc2c(C)cccc2C)N(CCO)C(=O)[C@@H]13. The molecule has 8 nitrogen and oxygen atoms in total. The van der Waals surface area contributed by atoms with Gasteiger partial charge in [0, 0.05) is 17.1 Å². The van der Waals surface area contributed by atoms with Crippen LogP contribution in [0.5, 0.6) is 0 Å². The normalized spacial score (nSPS) is 33.5. The van der Waals surface area contributed by atoms with E-state index >= 15 is 0 Å². The molecule has 0 radical (unpaired) electrons. The largest absolute Gasteiger partial charge is 0.466 e. The molecule has 2 N–H and O–H groups in total. The van der Waals surface area contributed by atoms with E-state index in [4.69, 9.17) is 9.47 Å². The van der Waals surface area contributed by atoms with Crippen LogP contribution < -0.4 is 5.32 Å². The summed E-state index contributed by atoms with van der Waals surface area (Å²) in [5.41, 5.74) is 1.34. The van der Waals surface area contributed by atoms with E-state index in [1.165, 1.54) is 4.90 Å². The zero-order valence-electron chi connectivity index (χ0n) is 17.8. The molecule has 168 valence electrons. The average molecular weight is 495 g/mol. The van der Waals surface area contributed by atoms with Gasteiger partial charge in [-0.15, -0.1) is 0 Å². The standard InChI is InChI=1S/C22H27BrN2O6/c1-4-30-21(29)14-15-20(28)25(8-9-26)18(22(15)10-13(23)17(14)31-22)19(27)24-16-11(2)6-5-7-12(16)3/h5-7,13-15,17-18,26H,4,8-10H2,1-3H3,(H,24,27)/t13?,14-,15+,17-,18-,22+/m0/s1. The number of rotatable bonds is 6. The maximum absolute atomic E-state index is 13.6. The number of aliphatic hydroxyl groups is 1. The van der Waals surface area contributed by atoms with Gasteiger partial charge in [0.1, 0.15) is 11.6 Å². The van der Waals surface area contributed by atoms with Gasteiger partial charge >= 0.3 is 5.97 Å². The van der Waals surface area contributed by atoms with E-state index in [1.807, 2.05) is 32.0 Å². The summed E-state index contributed by atoms with van der Waals surface area (Å²) >= 11 is 3.59. The molecule has 9 heteroatoms. The number of alkyl halides is 1. The number of nitrogens with one attached hydrogen (secondary N) is 1. The smallest absolute Gasteiger partial charge is 0.312 e. The maximum Gasteiger partial charge on any atom is 0.312 e. The minimum Gasteiger partial charge on any atom is -0.466 e. The lowest BCUT2D eigenvalue weighted by Gasteiger charge is -2.34. The molecule has 2 bridgehead atoms. The number of aryl methyl sites for hydroxylation is 2. The highest BCUT2D eigenvalue weighted by Crippen LogP contribution is 2.60. The Bertz CT molecular complexity index is 903. The Hall–Kier alpha value is -1.97. The molecule has 3 saturated heterocycles. The fourth-order valence-electron chi connectivity index (χ4n) is 5.49. The molecule has 1 unspecified atom stereocenters. The van der Waals surface area contributed by atoms with Gasteiger partial charge in [0.05, 0.1) is 31.2 Å². The molecule has 0 saturated carbocycles. The van der Waals surface area contributed by atoms with Crippen molar-refractivity contribution in [3.05, 3.63) is 29.3 Å². The third kappa shape index (κ3) is 3.29. The Morgan fingerprint density at radius 2 is 2.03 bits per heavy atom. The second-order valence-electron chi connectivity index (χ2n) is 8.43. The van der Waals surface area contributed by atoms with E-state index in [2.05, 4.69) is 21.2 Å². The van der Waals surface area contributed by atoms with E-state index < -0.39 is 35.6 Å². The number of amides is 2. The number of fused-ring (bicyclic) bond motifs is 1. The second kappa shape index (κ2) is 8.18. The lowest BCUT2D eigenvalue weighted by molar-refractivity contribution is -0.154. The van der Waals surface area contributed by atoms with Gasteiger partial charge in [0.15, 0.2) is 0 Å². The number of benzene rings is 1. The van der Waals surface area contributed by atoms with Crippen molar-refractivity contribution >= 4 is 39.4 Å². The van der Waals surface area contributed by atoms with Gasteiger partial charge in [-0.3, -0.25) is 14.4 Å². The molecule has 3 fully saturated rings. The number of β-amino-alcohol motifs (C(OH)–C–C–N with tert-alkyl or cyclic N) is 1. The Balaban J connectivity index is 1.74. The van der Waals surface area contributed by atoms with Crippen LogP contribution in [0.2, 0.25) is 0 Å². The number of para-hydroxylation sites is 1. The Morgan fingerprint density at radius 1 is 1.35 bits per heavy atom. The van der Waals surface area contributed by atoms with Gasteiger partial charge in [0.25, 0.3) is 0 Å². The molecular weight excluding hydrogens is 468 g/mol. The first-order chi connectivity index (χ1) is 14.8. The van der Waals surface area contributed by atoms with Crippen LogP contribution in [-0.2, 0) is 23.9 Å². The molecule has 31 heavy (non-hydrogen) atoms. The Kier molecular flexibility index (Phi) is 5.87. The van der Waals surface area contributed by atoms with Crippen molar-refractivity contribution in [2.24, 2.45) is 11.8 Å². The van der Waals surface area contributed by atoms with Crippen molar-refractivity contribution in [3.8, 4) is 0 Å². The number of nitrogens with zero attached hydrogens (tertiary/aromatic N) is 1. The molecule has 1 aromatic rings. The van der Waals surface area contributed by atoms with E-state index in [-0.39, 0.29) is 36.4 Å². The first kappa shape index (κ1) is 22.2. The molecule has 2 amide bonds. The van der Waals surface area contributed by atoms with Gasteiger partial charge in [-0.2, -0.15) is 0 Å². The molecule has 4 rings (SSSR count). The second-order valence-corrected chi connectivity index (χ2v) is 9.60. The topological polar surface area (TPSA) is 105 Å². The zero-order valence-corrected chi connectivity index (χ0v) is 19.3. The van der Waals surface area contributed by atoms with Gasteiger partial charge in [0.2, 0.25) is 11.8 Å². The monoisotopic (exact) mass is 494 g/mol. The van der Waals surface area contributed by atoms with Crippen molar-refractivity contribution < 1.29 is 29.0 Å². The number of hydrogen-bond donors (Lipinski definition) is 2. The van der Waals surface area contributed by atoms with Crippen molar-refractivity contribution in [1.29, 1.82) is 0 Å². The predicted octanol–water partition coefficient (Wildman–Crippen LogP) is 1.55. The van der Waals surface area contributed by atoms with Crippen LogP contribution in [0.4, 0.5) is 5.69 Å². The minimum absolute atomic E-state index is 0.0154. The van der Waals surface area contributed by atoms with Crippen molar-refractivity contribution in [2.45, 2.75) is 49.8 Å². The van der Waals surface area contributed by atoms with Crippen LogP contribution in [0.15, 0.2) is 18.2 Å². The lowest BCUT2D eigenvalue weighted by Crippen LogP contribution is -2.54. The minimum atomic E-state index is -1.15. The number of likely N-dealkylation sites (tertiary alicyclic amines) is 1. The molecule has 1 spiro atoms. The lowest BCUT2D eigenvalue weighted by atomic mass is 9.70. The maximum atomic E-state index is 13.6. The number of anilines is 1. The average Bonchev–Trinajstić information content (AvgIpc) is 3.29. The number of aliphatic hydroxyl groups excluding tert-OH is 1. The summed E-state index contributed by atoms with van der Waals surface area (Å²) in [6.45, 7) is 5.39.